The molecule has 0 saturated carbocycles. The van der Waals surface area contributed by atoms with Gasteiger partial charge >= 0.3 is 0 Å². The van der Waals surface area contributed by atoms with Gasteiger partial charge in [0.25, 0.3) is 0 Å². The van der Waals surface area contributed by atoms with Gasteiger partial charge in [-0.25, -0.2) is 4.98 Å². The summed E-state index contributed by atoms with van der Waals surface area (Å²) in [6, 6.07) is 0. The first-order valence-corrected chi connectivity index (χ1v) is 5.83. The van der Waals surface area contributed by atoms with E-state index in [1.54, 1.807) is 0 Å². The third-order valence-electron chi connectivity index (χ3n) is 2.54. The topological polar surface area (TPSA) is 43.8 Å². The Bertz CT molecular complexity index is 300. The number of aryl methyl sites for hydroxylation is 1. The second-order valence-corrected chi connectivity index (χ2v) is 4.67. The maximum Gasteiger partial charge on any atom is 0.111 e. The normalized spacial score (nSPS) is 11.7. The van der Waals surface area contributed by atoms with E-state index in [1.807, 2.05) is 0 Å². The molecule has 3 heteroatoms. The molecule has 15 heavy (non-hydrogen) atoms. The molecule has 0 bridgehead atoms. The largest absolute Gasteiger partial charge is 0.334 e. The summed E-state index contributed by atoms with van der Waals surface area (Å²) >= 11 is 0. The minimum atomic E-state index is 0.482. The van der Waals surface area contributed by atoms with Gasteiger partial charge in [0.15, 0.2) is 0 Å². The number of hydrogen-bond acceptors (Lipinski definition) is 2. The van der Waals surface area contributed by atoms with Gasteiger partial charge in [0, 0.05) is 18.7 Å². The molecule has 0 aliphatic rings. The first-order chi connectivity index (χ1) is 7.06. The summed E-state index contributed by atoms with van der Waals surface area (Å²) in [4.78, 5) is 4.68. The number of rotatable bonds is 5. The van der Waals surface area contributed by atoms with E-state index >= 15 is 0 Å². The zero-order valence-electron chi connectivity index (χ0n) is 10.3. The van der Waals surface area contributed by atoms with Crippen molar-refractivity contribution < 1.29 is 0 Å². The molecule has 0 unspecified atom stereocenters. The summed E-state index contributed by atoms with van der Waals surface area (Å²) in [5.41, 5.74) is 6.73. The molecule has 0 aromatic carbocycles. The minimum absolute atomic E-state index is 0.482. The Labute approximate surface area is 92.7 Å². The minimum Gasteiger partial charge on any atom is -0.334 e. The fourth-order valence-electron chi connectivity index (χ4n) is 1.63. The molecule has 0 radical (unpaired) electrons. The van der Waals surface area contributed by atoms with Crippen molar-refractivity contribution in [2.45, 2.75) is 52.5 Å². The van der Waals surface area contributed by atoms with Gasteiger partial charge in [0.05, 0.1) is 5.69 Å². The molecular formula is C12H23N3. The molecule has 3 nitrogen and oxygen atoms in total. The number of hydrogen-bond donors (Lipinski definition) is 1. The van der Waals surface area contributed by atoms with Gasteiger partial charge < -0.3 is 10.3 Å². The van der Waals surface area contributed by atoms with Crippen molar-refractivity contribution in [3.63, 3.8) is 0 Å². The molecule has 0 atom stereocenters. The van der Waals surface area contributed by atoms with E-state index in [1.165, 1.54) is 11.5 Å². The molecule has 1 rings (SSSR count). The van der Waals surface area contributed by atoms with Crippen LogP contribution in [0.1, 0.15) is 57.5 Å². The first kappa shape index (κ1) is 12.2. The van der Waals surface area contributed by atoms with Crippen LogP contribution in [0, 0.1) is 0 Å². The van der Waals surface area contributed by atoms with Gasteiger partial charge in [-0.2, -0.15) is 0 Å². The Kier molecular flexibility index (Phi) is 4.33. The highest BCUT2D eigenvalue weighted by Crippen LogP contribution is 2.19. The molecule has 0 spiro atoms. The third kappa shape index (κ3) is 3.06. The lowest BCUT2D eigenvalue weighted by atomic mass is 10.1. The smallest absolute Gasteiger partial charge is 0.111 e. The van der Waals surface area contributed by atoms with Gasteiger partial charge in [0.1, 0.15) is 5.82 Å². The molecule has 0 aliphatic carbocycles. The molecule has 0 saturated heterocycles. The Balaban J connectivity index is 2.90. The molecule has 0 amide bonds. The van der Waals surface area contributed by atoms with Crippen LogP contribution in [0.4, 0.5) is 0 Å². The standard InChI is InChI=1S/C12H23N3/c1-9(2)11-8-15(7-5-6-13)12(14-11)10(3)4/h8-10H,5-7,13H2,1-4H3. The third-order valence-corrected chi connectivity index (χ3v) is 2.54. The number of nitrogens with two attached hydrogens (primary N) is 1. The van der Waals surface area contributed by atoms with Crippen LogP contribution in [0.25, 0.3) is 0 Å². The Morgan fingerprint density at radius 1 is 1.27 bits per heavy atom. The monoisotopic (exact) mass is 209 g/mol. The second-order valence-electron chi connectivity index (χ2n) is 4.67. The summed E-state index contributed by atoms with van der Waals surface area (Å²) in [6.45, 7) is 10.5. The van der Waals surface area contributed by atoms with E-state index in [4.69, 9.17) is 5.73 Å². The van der Waals surface area contributed by atoms with Crippen LogP contribution in [0.15, 0.2) is 6.20 Å². The lowest BCUT2D eigenvalue weighted by molar-refractivity contribution is 0.594. The zero-order chi connectivity index (χ0) is 11.4. The molecule has 1 aromatic rings. The Morgan fingerprint density at radius 3 is 2.40 bits per heavy atom. The van der Waals surface area contributed by atoms with Crippen LogP contribution in [-0.2, 0) is 6.54 Å². The van der Waals surface area contributed by atoms with Crippen molar-refractivity contribution in [2.24, 2.45) is 5.73 Å². The highest BCUT2D eigenvalue weighted by Gasteiger charge is 2.12. The summed E-state index contributed by atoms with van der Waals surface area (Å²) < 4.78 is 2.26. The highest BCUT2D eigenvalue weighted by molar-refractivity contribution is 5.10. The molecular weight excluding hydrogens is 186 g/mol. The summed E-state index contributed by atoms with van der Waals surface area (Å²) in [7, 11) is 0. The van der Waals surface area contributed by atoms with Crippen molar-refractivity contribution in [3.05, 3.63) is 17.7 Å². The molecule has 86 valence electrons. The van der Waals surface area contributed by atoms with Crippen molar-refractivity contribution in [1.29, 1.82) is 0 Å². The molecule has 1 heterocycles. The van der Waals surface area contributed by atoms with Crippen LogP contribution in [-0.4, -0.2) is 16.1 Å². The van der Waals surface area contributed by atoms with Crippen LogP contribution >= 0.6 is 0 Å². The molecule has 0 fully saturated rings. The predicted octanol–water partition coefficient (Wildman–Crippen LogP) is 2.48. The van der Waals surface area contributed by atoms with Crippen LogP contribution in [0.2, 0.25) is 0 Å². The average molecular weight is 209 g/mol. The Hall–Kier alpha value is -0.830. The van der Waals surface area contributed by atoms with E-state index in [2.05, 4.69) is 43.4 Å². The summed E-state index contributed by atoms with van der Waals surface area (Å²) in [5, 5.41) is 0. The van der Waals surface area contributed by atoms with Gasteiger partial charge in [0.2, 0.25) is 0 Å². The number of imidazole rings is 1. The second kappa shape index (κ2) is 5.31. The number of aromatic nitrogens is 2. The average Bonchev–Trinajstić information content (AvgIpc) is 2.58. The van der Waals surface area contributed by atoms with Crippen molar-refractivity contribution in [3.8, 4) is 0 Å². The Morgan fingerprint density at radius 2 is 1.93 bits per heavy atom. The van der Waals surface area contributed by atoms with Gasteiger partial charge in [-0.05, 0) is 18.9 Å². The fraction of sp³-hybridized carbons (Fsp3) is 0.750. The molecule has 0 aliphatic heterocycles. The summed E-state index contributed by atoms with van der Waals surface area (Å²) in [6.07, 6.45) is 3.20. The SMILES string of the molecule is CC(C)c1cn(CCCN)c(C(C)C)n1. The maximum atomic E-state index is 5.54. The van der Waals surface area contributed by atoms with Gasteiger partial charge in [-0.1, -0.05) is 27.7 Å². The maximum absolute atomic E-state index is 5.54. The van der Waals surface area contributed by atoms with Gasteiger partial charge in [-0.3, -0.25) is 0 Å². The summed E-state index contributed by atoms with van der Waals surface area (Å²) in [5.74, 6) is 2.17. The fourth-order valence-corrected chi connectivity index (χ4v) is 1.63. The van der Waals surface area contributed by atoms with E-state index in [9.17, 15) is 0 Å². The van der Waals surface area contributed by atoms with Crippen LogP contribution in [0.3, 0.4) is 0 Å². The van der Waals surface area contributed by atoms with E-state index in [0.29, 0.717) is 11.8 Å². The highest BCUT2D eigenvalue weighted by atomic mass is 15.1. The number of nitrogens with zero attached hydrogens (tertiary/aromatic N) is 2. The quantitative estimate of drug-likeness (QED) is 0.809. The zero-order valence-corrected chi connectivity index (χ0v) is 10.3. The van der Waals surface area contributed by atoms with Crippen molar-refractivity contribution >= 4 is 0 Å². The van der Waals surface area contributed by atoms with E-state index in [0.717, 1.165) is 19.5 Å². The van der Waals surface area contributed by atoms with Crippen LogP contribution in [0.5, 0.6) is 0 Å². The molecule has 2 N–H and O–H groups in total. The lowest BCUT2D eigenvalue weighted by Gasteiger charge is -2.08. The van der Waals surface area contributed by atoms with Crippen molar-refractivity contribution in [1.82, 2.24) is 9.55 Å². The van der Waals surface area contributed by atoms with E-state index in [-0.39, 0.29) is 0 Å². The lowest BCUT2D eigenvalue weighted by Crippen LogP contribution is -2.08. The van der Waals surface area contributed by atoms with Crippen molar-refractivity contribution in [2.75, 3.05) is 6.54 Å². The van der Waals surface area contributed by atoms with Crippen LogP contribution < -0.4 is 5.73 Å². The van der Waals surface area contributed by atoms with E-state index < -0.39 is 0 Å². The first-order valence-electron chi connectivity index (χ1n) is 5.83. The predicted molar refractivity (Wildman–Crippen MR) is 64.1 cm³/mol. The van der Waals surface area contributed by atoms with Gasteiger partial charge in [-0.15, -0.1) is 0 Å². The molecule has 1 aromatic heterocycles.